The lowest BCUT2D eigenvalue weighted by Crippen LogP contribution is -2.23. The highest BCUT2D eigenvalue weighted by molar-refractivity contribution is 9.10. The van der Waals surface area contributed by atoms with Crippen molar-refractivity contribution in [1.29, 1.82) is 0 Å². The molecular formula is C20H14BrF2N3O2S. The van der Waals surface area contributed by atoms with Gasteiger partial charge in [-0.2, -0.15) is 0 Å². The van der Waals surface area contributed by atoms with Crippen LogP contribution in [-0.4, -0.2) is 16.8 Å². The highest BCUT2D eigenvalue weighted by atomic mass is 79.9. The van der Waals surface area contributed by atoms with Gasteiger partial charge in [-0.25, -0.2) is 13.8 Å². The quantitative estimate of drug-likeness (QED) is 0.492. The first kappa shape index (κ1) is 20.8. The van der Waals surface area contributed by atoms with Crippen molar-refractivity contribution in [1.82, 2.24) is 4.98 Å². The number of benzene rings is 2. The van der Waals surface area contributed by atoms with Crippen LogP contribution in [0.5, 0.6) is 0 Å². The number of thiazole rings is 1. The molecule has 0 aliphatic carbocycles. The van der Waals surface area contributed by atoms with Crippen LogP contribution in [0.3, 0.4) is 0 Å². The lowest BCUT2D eigenvalue weighted by Gasteiger charge is -2.18. The second kappa shape index (κ2) is 9.06. The summed E-state index contributed by atoms with van der Waals surface area (Å²) in [6, 6.07) is 10.2. The Labute approximate surface area is 177 Å². The monoisotopic (exact) mass is 477 g/mol. The maximum Gasteiger partial charge on any atom is 0.248 e. The van der Waals surface area contributed by atoms with Gasteiger partial charge in [0.05, 0.1) is 17.1 Å². The topological polar surface area (TPSA) is 62.3 Å². The van der Waals surface area contributed by atoms with Crippen LogP contribution >= 0.6 is 27.3 Å². The van der Waals surface area contributed by atoms with Gasteiger partial charge in [0.1, 0.15) is 11.6 Å². The molecule has 2 amide bonds. The van der Waals surface area contributed by atoms with Crippen molar-refractivity contribution >= 4 is 61.7 Å². The molecule has 0 atom stereocenters. The second-order valence-corrected chi connectivity index (χ2v) is 7.56. The molecule has 9 heteroatoms. The fraction of sp³-hybridized carbons (Fsp3) is 0.0500. The summed E-state index contributed by atoms with van der Waals surface area (Å²) in [6.07, 6.45) is 2.62. The summed E-state index contributed by atoms with van der Waals surface area (Å²) in [5.74, 6) is -2.06. The summed E-state index contributed by atoms with van der Waals surface area (Å²) in [5.41, 5.74) is 0.538. The number of para-hydroxylation sites is 1. The summed E-state index contributed by atoms with van der Waals surface area (Å²) in [6.45, 7) is 1.31. The second-order valence-electron chi connectivity index (χ2n) is 5.81. The molecule has 148 valence electrons. The smallest absolute Gasteiger partial charge is 0.248 e. The van der Waals surface area contributed by atoms with Crippen molar-refractivity contribution < 1.29 is 18.4 Å². The number of amides is 2. The van der Waals surface area contributed by atoms with E-state index >= 15 is 0 Å². The molecule has 0 fully saturated rings. The number of anilines is 3. The van der Waals surface area contributed by atoms with E-state index in [1.807, 2.05) is 0 Å². The lowest BCUT2D eigenvalue weighted by molar-refractivity contribution is -0.116. The average molecular weight is 478 g/mol. The molecule has 0 radical (unpaired) electrons. The van der Waals surface area contributed by atoms with Gasteiger partial charge in [-0.1, -0.05) is 28.1 Å². The van der Waals surface area contributed by atoms with Crippen LogP contribution in [-0.2, 0) is 9.59 Å². The Morgan fingerprint density at radius 2 is 1.93 bits per heavy atom. The van der Waals surface area contributed by atoms with Gasteiger partial charge in [-0.3, -0.25) is 14.5 Å². The largest absolute Gasteiger partial charge is 0.320 e. The van der Waals surface area contributed by atoms with Crippen LogP contribution < -0.4 is 10.2 Å². The van der Waals surface area contributed by atoms with E-state index in [1.165, 1.54) is 49.4 Å². The van der Waals surface area contributed by atoms with Gasteiger partial charge in [0.25, 0.3) is 0 Å². The minimum absolute atomic E-state index is 0.0455. The number of halogens is 3. The number of carbonyl (C=O) groups is 2. The number of rotatable bonds is 5. The molecule has 0 bridgehead atoms. The molecule has 3 aromatic rings. The number of nitrogens with zero attached hydrogens (tertiary/aromatic N) is 2. The van der Waals surface area contributed by atoms with E-state index in [0.717, 1.165) is 16.2 Å². The minimum atomic E-state index is -0.570. The number of carbonyl (C=O) groups excluding carboxylic acids is 2. The first-order valence-electron chi connectivity index (χ1n) is 8.30. The highest BCUT2D eigenvalue weighted by Crippen LogP contribution is 2.31. The predicted molar refractivity (Wildman–Crippen MR) is 113 cm³/mol. The first-order chi connectivity index (χ1) is 13.8. The van der Waals surface area contributed by atoms with Gasteiger partial charge in [-0.05, 0) is 36.4 Å². The van der Waals surface area contributed by atoms with Gasteiger partial charge in [0.2, 0.25) is 11.8 Å². The van der Waals surface area contributed by atoms with E-state index in [-0.39, 0.29) is 16.5 Å². The van der Waals surface area contributed by atoms with Crippen molar-refractivity contribution in [2.75, 3.05) is 10.2 Å². The number of aromatic nitrogens is 1. The van der Waals surface area contributed by atoms with Gasteiger partial charge in [0, 0.05) is 22.9 Å². The lowest BCUT2D eigenvalue weighted by atomic mass is 10.3. The number of hydrogen-bond donors (Lipinski definition) is 1. The van der Waals surface area contributed by atoms with E-state index in [9.17, 15) is 18.4 Å². The van der Waals surface area contributed by atoms with Crippen molar-refractivity contribution in [2.24, 2.45) is 0 Å². The third kappa shape index (κ3) is 5.12. The van der Waals surface area contributed by atoms with Gasteiger partial charge < -0.3 is 5.32 Å². The molecule has 1 heterocycles. The number of hydrogen-bond acceptors (Lipinski definition) is 4. The van der Waals surface area contributed by atoms with Crippen LogP contribution in [0.2, 0.25) is 0 Å². The van der Waals surface area contributed by atoms with Crippen LogP contribution in [0, 0.1) is 11.6 Å². The predicted octanol–water partition coefficient (Wildman–Crippen LogP) is 5.52. The molecule has 2 aromatic carbocycles. The van der Waals surface area contributed by atoms with E-state index in [2.05, 4.69) is 26.2 Å². The molecule has 0 saturated heterocycles. The third-order valence-electron chi connectivity index (χ3n) is 3.70. The standard InChI is InChI=1S/C20H14BrF2N3O2S/c1-12(27)26(18-5-3-2-4-15(18)22)20-24-14(11-29-20)7-9-19(28)25-17-8-6-13(21)10-16(17)23/h2-11H,1H3,(H,25,28)/b9-7+. The summed E-state index contributed by atoms with van der Waals surface area (Å²) in [4.78, 5) is 29.5. The Bertz CT molecular complexity index is 1100. The summed E-state index contributed by atoms with van der Waals surface area (Å²) >= 11 is 4.27. The molecule has 1 aromatic heterocycles. The van der Waals surface area contributed by atoms with Gasteiger partial charge in [0.15, 0.2) is 5.13 Å². The first-order valence-corrected chi connectivity index (χ1v) is 9.97. The molecule has 1 N–H and O–H groups in total. The maximum atomic E-state index is 14.1. The fourth-order valence-corrected chi connectivity index (χ4v) is 3.60. The van der Waals surface area contributed by atoms with Crippen molar-refractivity contribution in [2.45, 2.75) is 6.92 Å². The Hall–Kier alpha value is -2.91. The van der Waals surface area contributed by atoms with Gasteiger partial charge >= 0.3 is 0 Å². The highest BCUT2D eigenvalue weighted by Gasteiger charge is 2.20. The Kier molecular flexibility index (Phi) is 6.50. The molecule has 0 spiro atoms. The Morgan fingerprint density at radius 3 is 2.62 bits per heavy atom. The molecule has 5 nitrogen and oxygen atoms in total. The van der Waals surface area contributed by atoms with Crippen molar-refractivity contribution in [3.8, 4) is 0 Å². The minimum Gasteiger partial charge on any atom is -0.320 e. The summed E-state index contributed by atoms with van der Waals surface area (Å²) in [5, 5.41) is 4.32. The summed E-state index contributed by atoms with van der Waals surface area (Å²) in [7, 11) is 0. The normalized spacial score (nSPS) is 10.9. The Balaban J connectivity index is 1.76. The molecule has 0 aliphatic heterocycles. The van der Waals surface area contributed by atoms with Gasteiger partial charge in [-0.15, -0.1) is 11.3 Å². The van der Waals surface area contributed by atoms with E-state index in [1.54, 1.807) is 17.5 Å². The van der Waals surface area contributed by atoms with Crippen LogP contribution in [0.4, 0.5) is 25.3 Å². The van der Waals surface area contributed by atoms with Crippen LogP contribution in [0.25, 0.3) is 6.08 Å². The average Bonchev–Trinajstić information content (AvgIpc) is 3.12. The maximum absolute atomic E-state index is 14.1. The molecule has 0 unspecified atom stereocenters. The van der Waals surface area contributed by atoms with Crippen molar-refractivity contribution in [3.05, 3.63) is 75.7 Å². The fourth-order valence-electron chi connectivity index (χ4n) is 2.42. The Morgan fingerprint density at radius 1 is 1.17 bits per heavy atom. The zero-order valence-corrected chi connectivity index (χ0v) is 17.4. The zero-order valence-electron chi connectivity index (χ0n) is 15.0. The van der Waals surface area contributed by atoms with Crippen molar-refractivity contribution in [3.63, 3.8) is 0 Å². The van der Waals surface area contributed by atoms with E-state index < -0.39 is 23.4 Å². The third-order valence-corrected chi connectivity index (χ3v) is 5.04. The van der Waals surface area contributed by atoms with E-state index in [0.29, 0.717) is 10.2 Å². The number of nitrogens with one attached hydrogen (secondary N) is 1. The van der Waals surface area contributed by atoms with Crippen LogP contribution in [0.1, 0.15) is 12.6 Å². The molecule has 29 heavy (non-hydrogen) atoms. The molecule has 0 saturated carbocycles. The summed E-state index contributed by atoms with van der Waals surface area (Å²) < 4.78 is 28.4. The van der Waals surface area contributed by atoms with E-state index in [4.69, 9.17) is 0 Å². The SMILES string of the molecule is CC(=O)N(c1nc(/C=C/C(=O)Nc2ccc(Br)cc2F)cs1)c1ccccc1F. The zero-order chi connectivity index (χ0) is 21.0. The molecule has 3 rings (SSSR count). The molecular weight excluding hydrogens is 464 g/mol. The van der Waals surface area contributed by atoms with Crippen LogP contribution in [0.15, 0.2) is 58.4 Å². The molecule has 0 aliphatic rings.